The number of halogens is 1. The van der Waals surface area contributed by atoms with Gasteiger partial charge >= 0.3 is 0 Å². The minimum atomic E-state index is 0.699. The third-order valence-electron chi connectivity index (χ3n) is 2.96. The molecule has 3 aromatic heterocycles. The van der Waals surface area contributed by atoms with E-state index in [0.29, 0.717) is 4.77 Å². The van der Waals surface area contributed by atoms with Crippen LogP contribution in [-0.2, 0) is 20.0 Å². The second-order valence-electron chi connectivity index (χ2n) is 4.38. The van der Waals surface area contributed by atoms with Gasteiger partial charge in [-0.15, -0.1) is 0 Å². The Balaban J connectivity index is 1.92. The second-order valence-corrected chi connectivity index (χ2v) is 5.68. The summed E-state index contributed by atoms with van der Waals surface area (Å²) >= 11 is 8.76. The Labute approximate surface area is 123 Å². The van der Waals surface area contributed by atoms with E-state index in [-0.39, 0.29) is 0 Å². The summed E-state index contributed by atoms with van der Waals surface area (Å²) in [6, 6.07) is 1.98. The minimum absolute atomic E-state index is 0.699. The predicted molar refractivity (Wildman–Crippen MR) is 79.5 cm³/mol. The van der Waals surface area contributed by atoms with E-state index in [1.165, 1.54) is 5.56 Å². The van der Waals surface area contributed by atoms with Crippen LogP contribution in [0.1, 0.15) is 5.56 Å². The Morgan fingerprint density at radius 3 is 3.00 bits per heavy atom. The fourth-order valence-corrected chi connectivity index (χ4v) is 2.69. The highest BCUT2D eigenvalue weighted by molar-refractivity contribution is 9.10. The first-order valence-corrected chi connectivity index (χ1v) is 7.05. The Morgan fingerprint density at radius 2 is 2.26 bits per heavy atom. The number of fused-ring (bicyclic) bond motifs is 1. The number of imidazole rings is 1. The highest BCUT2D eigenvalue weighted by Crippen LogP contribution is 2.17. The van der Waals surface area contributed by atoms with Gasteiger partial charge in [-0.2, -0.15) is 5.10 Å². The van der Waals surface area contributed by atoms with E-state index < -0.39 is 0 Å². The third-order valence-corrected chi connectivity index (χ3v) is 3.71. The predicted octanol–water partition coefficient (Wildman–Crippen LogP) is 2.83. The number of nitrogens with zero attached hydrogens (tertiary/aromatic N) is 4. The fourth-order valence-electron chi connectivity index (χ4n) is 2.07. The van der Waals surface area contributed by atoms with Crippen molar-refractivity contribution in [2.45, 2.75) is 13.0 Å². The Bertz CT molecular complexity index is 785. The molecule has 1 N–H and O–H groups in total. The molecule has 98 valence electrons. The topological polar surface area (TPSA) is 51.4 Å². The van der Waals surface area contributed by atoms with Crippen molar-refractivity contribution in [3.8, 4) is 0 Å². The maximum Gasteiger partial charge on any atom is 0.179 e. The molecule has 0 fully saturated rings. The van der Waals surface area contributed by atoms with Crippen LogP contribution in [0.15, 0.2) is 29.1 Å². The summed E-state index contributed by atoms with van der Waals surface area (Å²) in [7, 11) is 1.92. The summed E-state index contributed by atoms with van der Waals surface area (Å²) in [5.74, 6) is 0. The van der Waals surface area contributed by atoms with Crippen molar-refractivity contribution < 1.29 is 0 Å². The summed E-state index contributed by atoms with van der Waals surface area (Å²) in [6.45, 7) is 0.791. The molecule has 0 unspecified atom stereocenters. The molecular weight excluding hydrogens is 326 g/mol. The smallest absolute Gasteiger partial charge is 0.179 e. The average Bonchev–Trinajstić information content (AvgIpc) is 2.89. The number of hydrogen-bond donors (Lipinski definition) is 1. The van der Waals surface area contributed by atoms with Crippen LogP contribution in [0.2, 0.25) is 0 Å². The first kappa shape index (κ1) is 12.6. The molecule has 0 atom stereocenters. The van der Waals surface area contributed by atoms with E-state index in [0.717, 1.165) is 28.6 Å². The zero-order chi connectivity index (χ0) is 13.4. The highest BCUT2D eigenvalue weighted by Gasteiger charge is 2.07. The van der Waals surface area contributed by atoms with Gasteiger partial charge in [-0.05, 0) is 46.2 Å². The summed E-state index contributed by atoms with van der Waals surface area (Å²) in [5.41, 5.74) is 3.03. The molecule has 0 saturated carbocycles. The summed E-state index contributed by atoms with van der Waals surface area (Å²) in [6.07, 6.45) is 6.56. The number of aromatic nitrogens is 5. The van der Waals surface area contributed by atoms with Crippen LogP contribution in [0.4, 0.5) is 0 Å². The lowest BCUT2D eigenvalue weighted by Crippen LogP contribution is -2.02. The molecular formula is C12H12BrN5S. The number of H-pyrrole nitrogens is 1. The number of hydrogen-bond acceptors (Lipinski definition) is 3. The molecule has 0 spiro atoms. The molecule has 5 nitrogen and oxygen atoms in total. The molecule has 7 heteroatoms. The number of rotatable bonds is 3. The molecule has 0 aromatic carbocycles. The van der Waals surface area contributed by atoms with Gasteiger partial charge in [-0.1, -0.05) is 0 Å². The van der Waals surface area contributed by atoms with E-state index in [4.69, 9.17) is 12.2 Å². The maximum atomic E-state index is 5.35. The summed E-state index contributed by atoms with van der Waals surface area (Å²) in [4.78, 5) is 7.59. The third kappa shape index (κ3) is 2.48. The second kappa shape index (κ2) is 4.90. The van der Waals surface area contributed by atoms with Crippen LogP contribution in [0.5, 0.6) is 0 Å². The van der Waals surface area contributed by atoms with Crippen LogP contribution in [-0.4, -0.2) is 24.3 Å². The molecule has 3 heterocycles. The minimum Gasteiger partial charge on any atom is -0.329 e. The molecule has 0 bridgehead atoms. The summed E-state index contributed by atoms with van der Waals surface area (Å²) in [5, 5.41) is 4.16. The molecule has 0 aliphatic rings. The van der Waals surface area contributed by atoms with Gasteiger partial charge in [0, 0.05) is 30.5 Å². The van der Waals surface area contributed by atoms with Crippen molar-refractivity contribution in [1.29, 1.82) is 0 Å². The summed E-state index contributed by atoms with van der Waals surface area (Å²) < 4.78 is 5.46. The van der Waals surface area contributed by atoms with Crippen LogP contribution >= 0.6 is 28.1 Å². The van der Waals surface area contributed by atoms with Gasteiger partial charge in [0.05, 0.1) is 11.7 Å². The molecule has 0 aliphatic carbocycles. The van der Waals surface area contributed by atoms with Crippen LogP contribution in [0.25, 0.3) is 11.2 Å². The largest absolute Gasteiger partial charge is 0.329 e. The SMILES string of the molecule is Cn1cc(CCn2c(=S)[nH]c3cc(Br)cnc32)cn1. The lowest BCUT2D eigenvalue weighted by molar-refractivity contribution is 0.699. The van der Waals surface area contributed by atoms with E-state index in [1.54, 1.807) is 10.9 Å². The fraction of sp³-hybridized carbons (Fsp3) is 0.250. The molecule has 3 rings (SSSR count). The Morgan fingerprint density at radius 1 is 1.42 bits per heavy atom. The number of aryl methyl sites for hydroxylation is 3. The standard InChI is InChI=1S/C12H12BrN5S/c1-17-7-8(5-15-17)2-3-18-11-10(16-12(18)19)4-9(13)6-14-11/h4-7H,2-3H2,1H3,(H,16,19). The number of nitrogens with one attached hydrogen (secondary N) is 1. The van der Waals surface area contributed by atoms with E-state index in [2.05, 4.69) is 31.0 Å². The average molecular weight is 338 g/mol. The maximum absolute atomic E-state index is 5.35. The van der Waals surface area contributed by atoms with Crippen molar-refractivity contribution >= 4 is 39.3 Å². The van der Waals surface area contributed by atoms with Gasteiger partial charge in [0.2, 0.25) is 0 Å². The van der Waals surface area contributed by atoms with Crippen molar-refractivity contribution in [2.75, 3.05) is 0 Å². The Kier molecular flexibility index (Phi) is 3.24. The normalized spacial score (nSPS) is 11.3. The van der Waals surface area contributed by atoms with E-state index in [9.17, 15) is 0 Å². The van der Waals surface area contributed by atoms with E-state index >= 15 is 0 Å². The van der Waals surface area contributed by atoms with Gasteiger partial charge in [0.25, 0.3) is 0 Å². The molecule has 19 heavy (non-hydrogen) atoms. The van der Waals surface area contributed by atoms with Crippen LogP contribution in [0, 0.1) is 4.77 Å². The van der Waals surface area contributed by atoms with Crippen molar-refractivity contribution in [2.24, 2.45) is 7.05 Å². The highest BCUT2D eigenvalue weighted by atomic mass is 79.9. The Hall–Kier alpha value is -1.47. The zero-order valence-electron chi connectivity index (χ0n) is 10.3. The number of aromatic amines is 1. The molecule has 0 amide bonds. The van der Waals surface area contributed by atoms with Crippen molar-refractivity contribution in [3.05, 3.63) is 39.5 Å². The van der Waals surface area contributed by atoms with Gasteiger partial charge in [0.1, 0.15) is 0 Å². The molecule has 3 aromatic rings. The van der Waals surface area contributed by atoms with Gasteiger partial charge in [-0.3, -0.25) is 4.68 Å². The van der Waals surface area contributed by atoms with E-state index in [1.807, 2.05) is 30.1 Å². The van der Waals surface area contributed by atoms with Crippen LogP contribution < -0.4 is 0 Å². The van der Waals surface area contributed by atoms with Crippen molar-refractivity contribution in [3.63, 3.8) is 0 Å². The molecule has 0 radical (unpaired) electrons. The molecule has 0 aliphatic heterocycles. The lowest BCUT2D eigenvalue weighted by Gasteiger charge is -2.02. The quantitative estimate of drug-likeness (QED) is 0.747. The monoisotopic (exact) mass is 337 g/mol. The van der Waals surface area contributed by atoms with Gasteiger partial charge < -0.3 is 9.55 Å². The van der Waals surface area contributed by atoms with Crippen LogP contribution in [0.3, 0.4) is 0 Å². The number of pyridine rings is 1. The van der Waals surface area contributed by atoms with Crippen molar-refractivity contribution in [1.82, 2.24) is 24.3 Å². The van der Waals surface area contributed by atoms with Gasteiger partial charge in [0.15, 0.2) is 10.4 Å². The lowest BCUT2D eigenvalue weighted by atomic mass is 10.2. The zero-order valence-corrected chi connectivity index (χ0v) is 12.7. The molecule has 0 saturated heterocycles. The first-order valence-electron chi connectivity index (χ1n) is 5.85. The first-order chi connectivity index (χ1) is 9.13. The van der Waals surface area contributed by atoms with Gasteiger partial charge in [-0.25, -0.2) is 4.98 Å².